The van der Waals surface area contributed by atoms with Crippen molar-refractivity contribution >= 4 is 11.3 Å². The number of rotatable bonds is 1. The second-order valence-electron chi connectivity index (χ2n) is 2.70. The summed E-state index contributed by atoms with van der Waals surface area (Å²) in [5.74, 6) is 0. The van der Waals surface area contributed by atoms with Gasteiger partial charge in [0.15, 0.2) is 0 Å². The van der Waals surface area contributed by atoms with Gasteiger partial charge in [0.05, 0.1) is 5.69 Å². The Balaban J connectivity index is 2.60. The topological polar surface area (TPSA) is 52.5 Å². The molecule has 0 saturated carbocycles. The second-order valence-corrected chi connectivity index (χ2v) is 3.48. The van der Waals surface area contributed by atoms with Gasteiger partial charge in [-0.05, 0) is 18.4 Å². The Bertz CT molecular complexity index is 448. The van der Waals surface area contributed by atoms with E-state index in [9.17, 15) is 0 Å². The van der Waals surface area contributed by atoms with Crippen molar-refractivity contribution < 1.29 is 0 Å². The van der Waals surface area contributed by atoms with Gasteiger partial charge in [-0.2, -0.15) is 21.7 Å². The first-order valence-corrected chi connectivity index (χ1v) is 4.75. The van der Waals surface area contributed by atoms with Crippen molar-refractivity contribution in [3.05, 3.63) is 28.1 Å². The number of hydrogen-bond donors (Lipinski definition) is 1. The molecule has 0 atom stereocenters. The number of thiophene rings is 1. The summed E-state index contributed by atoms with van der Waals surface area (Å²) in [6.07, 6.45) is 0. The zero-order chi connectivity index (χ0) is 9.26. The predicted molar refractivity (Wildman–Crippen MR) is 51.4 cm³/mol. The van der Waals surface area contributed by atoms with Crippen LogP contribution in [0.2, 0.25) is 0 Å². The molecule has 13 heavy (non-hydrogen) atoms. The van der Waals surface area contributed by atoms with Crippen LogP contribution in [0, 0.1) is 18.3 Å². The van der Waals surface area contributed by atoms with Crippen molar-refractivity contribution in [3.63, 3.8) is 0 Å². The molecular weight excluding hydrogens is 182 g/mol. The molecule has 0 aliphatic rings. The molecule has 2 heterocycles. The van der Waals surface area contributed by atoms with Gasteiger partial charge in [0, 0.05) is 10.9 Å². The first-order chi connectivity index (χ1) is 6.33. The molecule has 2 aromatic heterocycles. The first-order valence-electron chi connectivity index (χ1n) is 3.80. The molecule has 0 aromatic carbocycles. The van der Waals surface area contributed by atoms with Crippen molar-refractivity contribution in [1.29, 1.82) is 5.26 Å². The van der Waals surface area contributed by atoms with Gasteiger partial charge < -0.3 is 0 Å². The molecule has 1 N–H and O–H groups in total. The Morgan fingerprint density at radius 3 is 3.08 bits per heavy atom. The van der Waals surface area contributed by atoms with Crippen LogP contribution in [-0.4, -0.2) is 10.2 Å². The van der Waals surface area contributed by atoms with E-state index in [0.717, 1.165) is 17.0 Å². The van der Waals surface area contributed by atoms with Gasteiger partial charge in [-0.25, -0.2) is 0 Å². The summed E-state index contributed by atoms with van der Waals surface area (Å²) in [6.45, 7) is 1.85. The quantitative estimate of drug-likeness (QED) is 0.748. The van der Waals surface area contributed by atoms with E-state index >= 15 is 0 Å². The molecule has 0 bridgehead atoms. The smallest absolute Gasteiger partial charge is 0.111 e. The second kappa shape index (κ2) is 3.04. The van der Waals surface area contributed by atoms with Gasteiger partial charge in [-0.3, -0.25) is 5.10 Å². The van der Waals surface area contributed by atoms with Gasteiger partial charge in [-0.15, -0.1) is 0 Å². The fourth-order valence-electron chi connectivity index (χ4n) is 1.17. The van der Waals surface area contributed by atoms with Crippen molar-refractivity contribution in [2.24, 2.45) is 0 Å². The zero-order valence-corrected chi connectivity index (χ0v) is 7.85. The maximum absolute atomic E-state index is 8.88. The first kappa shape index (κ1) is 8.02. The molecule has 0 saturated heterocycles. The van der Waals surface area contributed by atoms with E-state index in [2.05, 4.69) is 16.3 Å². The van der Waals surface area contributed by atoms with Crippen LogP contribution in [0.15, 0.2) is 16.8 Å². The van der Waals surface area contributed by atoms with E-state index in [1.165, 1.54) is 0 Å². The van der Waals surface area contributed by atoms with Crippen molar-refractivity contribution in [3.8, 4) is 17.3 Å². The molecule has 0 aliphatic heterocycles. The maximum atomic E-state index is 8.88. The van der Waals surface area contributed by atoms with E-state index < -0.39 is 0 Å². The minimum atomic E-state index is 0.637. The molecule has 0 unspecified atom stereocenters. The Morgan fingerprint density at radius 2 is 2.46 bits per heavy atom. The van der Waals surface area contributed by atoms with Gasteiger partial charge in [0.25, 0.3) is 0 Å². The average molecular weight is 189 g/mol. The molecule has 3 nitrogen and oxygen atoms in total. The fraction of sp³-hybridized carbons (Fsp3) is 0.111. The van der Waals surface area contributed by atoms with Gasteiger partial charge >= 0.3 is 0 Å². The highest BCUT2D eigenvalue weighted by Crippen LogP contribution is 2.24. The Labute approximate surface area is 79.6 Å². The van der Waals surface area contributed by atoms with Crippen LogP contribution in [0.1, 0.15) is 11.3 Å². The predicted octanol–water partition coefficient (Wildman–Crippen LogP) is 2.32. The largest absolute Gasteiger partial charge is 0.281 e. The van der Waals surface area contributed by atoms with E-state index in [0.29, 0.717) is 5.56 Å². The third kappa shape index (κ3) is 1.23. The van der Waals surface area contributed by atoms with Gasteiger partial charge in [0.1, 0.15) is 17.3 Å². The number of aryl methyl sites for hydroxylation is 1. The van der Waals surface area contributed by atoms with E-state index in [1.54, 1.807) is 11.3 Å². The van der Waals surface area contributed by atoms with Gasteiger partial charge in [0.2, 0.25) is 0 Å². The highest BCUT2D eigenvalue weighted by atomic mass is 32.1. The third-order valence-electron chi connectivity index (χ3n) is 1.85. The van der Waals surface area contributed by atoms with Crippen LogP contribution in [0.5, 0.6) is 0 Å². The number of nitrogens with zero attached hydrogens (tertiary/aromatic N) is 2. The SMILES string of the molecule is Cc1[nH]nc(-c2ccsc2)c1C#N. The van der Waals surface area contributed by atoms with Crippen LogP contribution in [0.4, 0.5) is 0 Å². The lowest BCUT2D eigenvalue weighted by atomic mass is 10.1. The van der Waals surface area contributed by atoms with Gasteiger partial charge in [-0.1, -0.05) is 0 Å². The summed E-state index contributed by atoms with van der Waals surface area (Å²) in [5.41, 5.74) is 3.22. The Hall–Kier alpha value is -1.60. The number of aromatic amines is 1. The summed E-state index contributed by atoms with van der Waals surface area (Å²) in [6, 6.07) is 4.10. The lowest BCUT2D eigenvalue weighted by molar-refractivity contribution is 1.05. The van der Waals surface area contributed by atoms with E-state index in [-0.39, 0.29) is 0 Å². The summed E-state index contributed by atoms with van der Waals surface area (Å²) in [4.78, 5) is 0. The molecule has 0 aliphatic carbocycles. The van der Waals surface area contributed by atoms with E-state index in [4.69, 9.17) is 5.26 Å². The number of nitrogens with one attached hydrogen (secondary N) is 1. The summed E-state index contributed by atoms with van der Waals surface area (Å²) in [5, 5.41) is 19.7. The van der Waals surface area contributed by atoms with Crippen LogP contribution < -0.4 is 0 Å². The summed E-state index contributed by atoms with van der Waals surface area (Å²) >= 11 is 1.60. The Morgan fingerprint density at radius 1 is 1.62 bits per heavy atom. The highest BCUT2D eigenvalue weighted by molar-refractivity contribution is 7.08. The van der Waals surface area contributed by atoms with E-state index in [1.807, 2.05) is 23.8 Å². The van der Waals surface area contributed by atoms with Crippen LogP contribution in [0.25, 0.3) is 11.3 Å². The monoisotopic (exact) mass is 189 g/mol. The van der Waals surface area contributed by atoms with Crippen molar-refractivity contribution in [2.75, 3.05) is 0 Å². The normalized spacial score (nSPS) is 9.85. The molecule has 0 spiro atoms. The standard InChI is InChI=1S/C9H7N3S/c1-6-8(4-10)9(12-11-6)7-2-3-13-5-7/h2-3,5H,1H3,(H,11,12). The lowest BCUT2D eigenvalue weighted by Crippen LogP contribution is -1.78. The minimum Gasteiger partial charge on any atom is -0.281 e. The molecule has 0 amide bonds. The number of hydrogen-bond acceptors (Lipinski definition) is 3. The zero-order valence-electron chi connectivity index (χ0n) is 7.03. The number of nitriles is 1. The maximum Gasteiger partial charge on any atom is 0.111 e. The van der Waals surface area contributed by atoms with Crippen molar-refractivity contribution in [2.45, 2.75) is 6.92 Å². The van der Waals surface area contributed by atoms with Crippen molar-refractivity contribution in [1.82, 2.24) is 10.2 Å². The molecular formula is C9H7N3S. The number of H-pyrrole nitrogens is 1. The highest BCUT2D eigenvalue weighted by Gasteiger charge is 2.11. The molecule has 0 radical (unpaired) electrons. The summed E-state index contributed by atoms with van der Waals surface area (Å²) in [7, 11) is 0. The number of aromatic nitrogens is 2. The van der Waals surface area contributed by atoms with Crippen LogP contribution >= 0.6 is 11.3 Å². The summed E-state index contributed by atoms with van der Waals surface area (Å²) < 4.78 is 0. The molecule has 4 heteroatoms. The molecule has 64 valence electrons. The van der Waals surface area contributed by atoms with Crippen LogP contribution in [-0.2, 0) is 0 Å². The third-order valence-corrected chi connectivity index (χ3v) is 2.54. The lowest BCUT2D eigenvalue weighted by Gasteiger charge is -1.89. The average Bonchev–Trinajstić information content (AvgIpc) is 2.71. The molecule has 2 aromatic rings. The molecule has 2 rings (SSSR count). The molecule has 0 fully saturated rings. The fourth-order valence-corrected chi connectivity index (χ4v) is 1.81. The van der Waals surface area contributed by atoms with Crippen LogP contribution in [0.3, 0.4) is 0 Å². The Kier molecular flexibility index (Phi) is 1.87. The minimum absolute atomic E-state index is 0.637.